The van der Waals surface area contributed by atoms with E-state index in [2.05, 4.69) is 18.8 Å². The molecule has 0 saturated carbocycles. The first-order chi connectivity index (χ1) is 5.31. The summed E-state index contributed by atoms with van der Waals surface area (Å²) in [6.45, 7) is 7.30. The fraction of sp³-hybridized carbons (Fsp3) is 0.800. The molecule has 0 atom stereocenters. The van der Waals surface area contributed by atoms with Gasteiger partial charge in [0.25, 0.3) is 0 Å². The fourth-order valence-electron chi connectivity index (χ4n) is 1.03. The zero-order valence-electron chi connectivity index (χ0n) is 7.95. The minimum atomic E-state index is 1.14. The van der Waals surface area contributed by atoms with Crippen molar-refractivity contribution in [3.63, 3.8) is 0 Å². The molecule has 0 spiro atoms. The van der Waals surface area contributed by atoms with Crippen molar-refractivity contribution in [1.29, 1.82) is 0 Å². The Labute approximate surface area is 70.9 Å². The molecule has 1 nitrogen and oxygen atoms in total. The quantitative estimate of drug-likeness (QED) is 0.440. The molecule has 11 heavy (non-hydrogen) atoms. The number of allylic oxidation sites excluding steroid dienone is 1. The van der Waals surface area contributed by atoms with Gasteiger partial charge in [0, 0.05) is 0 Å². The Morgan fingerprint density at radius 2 is 2.00 bits per heavy atom. The molecular formula is C10H21N. The first-order valence-corrected chi connectivity index (χ1v) is 4.62. The van der Waals surface area contributed by atoms with Gasteiger partial charge in [-0.1, -0.05) is 25.5 Å². The molecule has 0 rings (SSSR count). The molecule has 0 saturated heterocycles. The second-order valence-electron chi connectivity index (χ2n) is 3.02. The molecule has 0 radical (unpaired) electrons. The summed E-state index contributed by atoms with van der Waals surface area (Å²) >= 11 is 0. The summed E-state index contributed by atoms with van der Waals surface area (Å²) in [5, 5.41) is 3.15. The minimum Gasteiger partial charge on any atom is -0.320 e. The molecule has 1 N–H and O–H groups in total. The maximum atomic E-state index is 3.98. The number of rotatable bonds is 7. The van der Waals surface area contributed by atoms with E-state index in [1.807, 2.05) is 7.05 Å². The van der Waals surface area contributed by atoms with Crippen LogP contribution in [0, 0.1) is 0 Å². The molecule has 66 valence electrons. The van der Waals surface area contributed by atoms with E-state index < -0.39 is 0 Å². The molecular weight excluding hydrogens is 134 g/mol. The third-order valence-electron chi connectivity index (χ3n) is 1.96. The van der Waals surface area contributed by atoms with Gasteiger partial charge in [0.15, 0.2) is 0 Å². The smallest absolute Gasteiger partial charge is 0.00519 e. The predicted molar refractivity (Wildman–Crippen MR) is 51.8 cm³/mol. The van der Waals surface area contributed by atoms with Crippen LogP contribution in [0.2, 0.25) is 0 Å². The van der Waals surface area contributed by atoms with E-state index in [1.165, 1.54) is 31.3 Å². The predicted octanol–water partition coefficient (Wildman–Crippen LogP) is 2.73. The van der Waals surface area contributed by atoms with Crippen LogP contribution in [0.25, 0.3) is 0 Å². The lowest BCUT2D eigenvalue weighted by molar-refractivity contribution is 0.637. The lowest BCUT2D eigenvalue weighted by Crippen LogP contribution is -2.06. The first-order valence-electron chi connectivity index (χ1n) is 4.62. The second kappa shape index (κ2) is 7.80. The average molecular weight is 155 g/mol. The second-order valence-corrected chi connectivity index (χ2v) is 3.02. The van der Waals surface area contributed by atoms with Crippen molar-refractivity contribution in [2.24, 2.45) is 0 Å². The minimum absolute atomic E-state index is 1.14. The van der Waals surface area contributed by atoms with Gasteiger partial charge in [-0.3, -0.25) is 0 Å². The lowest BCUT2D eigenvalue weighted by atomic mass is 10.1. The van der Waals surface area contributed by atoms with Crippen LogP contribution in [0.4, 0.5) is 0 Å². The molecule has 0 aliphatic carbocycles. The van der Waals surface area contributed by atoms with Crippen molar-refractivity contribution in [2.75, 3.05) is 13.6 Å². The highest BCUT2D eigenvalue weighted by molar-refractivity contribution is 4.91. The fourth-order valence-corrected chi connectivity index (χ4v) is 1.03. The highest BCUT2D eigenvalue weighted by Crippen LogP contribution is 2.09. The third-order valence-corrected chi connectivity index (χ3v) is 1.96. The summed E-state index contributed by atoms with van der Waals surface area (Å²) < 4.78 is 0. The van der Waals surface area contributed by atoms with E-state index in [9.17, 15) is 0 Å². The molecule has 0 aliphatic rings. The lowest BCUT2D eigenvalue weighted by Gasteiger charge is -2.01. The Balaban J connectivity index is 2.95. The third kappa shape index (κ3) is 7.60. The standard InChI is InChI=1S/C10H21N/c1-4-10(2)8-6-5-7-9-11-3/h11H,2,4-9H2,1,3H3. The van der Waals surface area contributed by atoms with Gasteiger partial charge in [0.05, 0.1) is 0 Å². The van der Waals surface area contributed by atoms with Crippen LogP contribution >= 0.6 is 0 Å². The molecule has 1 heteroatoms. The number of unbranched alkanes of at least 4 members (excludes halogenated alkanes) is 2. The van der Waals surface area contributed by atoms with E-state index >= 15 is 0 Å². The van der Waals surface area contributed by atoms with Crippen LogP contribution < -0.4 is 5.32 Å². The van der Waals surface area contributed by atoms with Gasteiger partial charge in [-0.2, -0.15) is 0 Å². The van der Waals surface area contributed by atoms with Gasteiger partial charge in [-0.05, 0) is 39.3 Å². The van der Waals surface area contributed by atoms with Crippen molar-refractivity contribution in [3.8, 4) is 0 Å². The highest BCUT2D eigenvalue weighted by Gasteiger charge is 1.91. The van der Waals surface area contributed by atoms with Crippen molar-refractivity contribution >= 4 is 0 Å². The maximum absolute atomic E-state index is 3.98. The van der Waals surface area contributed by atoms with Crippen molar-refractivity contribution < 1.29 is 0 Å². The summed E-state index contributed by atoms with van der Waals surface area (Å²) in [5.74, 6) is 0. The molecule has 0 aromatic carbocycles. The monoisotopic (exact) mass is 155 g/mol. The van der Waals surface area contributed by atoms with E-state index in [1.54, 1.807) is 0 Å². The number of nitrogens with one attached hydrogen (secondary N) is 1. The number of hydrogen-bond acceptors (Lipinski definition) is 1. The molecule has 0 amide bonds. The van der Waals surface area contributed by atoms with Crippen LogP contribution in [0.15, 0.2) is 12.2 Å². The van der Waals surface area contributed by atoms with Gasteiger partial charge in [-0.25, -0.2) is 0 Å². The van der Waals surface area contributed by atoms with Crippen LogP contribution in [0.1, 0.15) is 39.0 Å². The van der Waals surface area contributed by atoms with Gasteiger partial charge >= 0.3 is 0 Å². The van der Waals surface area contributed by atoms with Crippen molar-refractivity contribution in [1.82, 2.24) is 5.32 Å². The van der Waals surface area contributed by atoms with Crippen molar-refractivity contribution in [3.05, 3.63) is 12.2 Å². The summed E-state index contributed by atoms with van der Waals surface area (Å²) in [6.07, 6.45) is 6.31. The molecule has 0 heterocycles. The number of hydrogen-bond donors (Lipinski definition) is 1. The molecule has 0 aromatic heterocycles. The van der Waals surface area contributed by atoms with E-state index in [0.29, 0.717) is 0 Å². The summed E-state index contributed by atoms with van der Waals surface area (Å²) in [4.78, 5) is 0. The van der Waals surface area contributed by atoms with Crippen LogP contribution in [-0.2, 0) is 0 Å². The zero-order valence-corrected chi connectivity index (χ0v) is 7.95. The Hall–Kier alpha value is -0.300. The Morgan fingerprint density at radius 3 is 2.55 bits per heavy atom. The highest BCUT2D eigenvalue weighted by atomic mass is 14.8. The van der Waals surface area contributed by atoms with Gasteiger partial charge < -0.3 is 5.32 Å². The topological polar surface area (TPSA) is 12.0 Å². The summed E-state index contributed by atoms with van der Waals surface area (Å²) in [5.41, 5.74) is 1.40. The van der Waals surface area contributed by atoms with E-state index in [4.69, 9.17) is 0 Å². The van der Waals surface area contributed by atoms with Crippen LogP contribution in [0.3, 0.4) is 0 Å². The Morgan fingerprint density at radius 1 is 1.27 bits per heavy atom. The molecule has 0 bridgehead atoms. The SMILES string of the molecule is C=C(CC)CCCCCNC. The average Bonchev–Trinajstić information content (AvgIpc) is 2.04. The molecule has 0 fully saturated rings. The van der Waals surface area contributed by atoms with E-state index in [-0.39, 0.29) is 0 Å². The molecule has 0 aromatic rings. The molecule has 0 aliphatic heterocycles. The van der Waals surface area contributed by atoms with Gasteiger partial charge in [0.2, 0.25) is 0 Å². The maximum Gasteiger partial charge on any atom is -0.00519 e. The first kappa shape index (κ1) is 10.7. The van der Waals surface area contributed by atoms with Gasteiger partial charge in [-0.15, -0.1) is 0 Å². The van der Waals surface area contributed by atoms with Crippen LogP contribution in [-0.4, -0.2) is 13.6 Å². The summed E-state index contributed by atoms with van der Waals surface area (Å²) in [7, 11) is 2.00. The zero-order chi connectivity index (χ0) is 8.53. The van der Waals surface area contributed by atoms with E-state index in [0.717, 1.165) is 13.0 Å². The Bertz CT molecular complexity index is 97.0. The molecule has 0 unspecified atom stereocenters. The summed E-state index contributed by atoms with van der Waals surface area (Å²) in [6, 6.07) is 0. The normalized spacial score (nSPS) is 10.0. The van der Waals surface area contributed by atoms with Gasteiger partial charge in [0.1, 0.15) is 0 Å². The Kier molecular flexibility index (Phi) is 7.59. The van der Waals surface area contributed by atoms with Crippen molar-refractivity contribution in [2.45, 2.75) is 39.0 Å². The van der Waals surface area contributed by atoms with Crippen LogP contribution in [0.5, 0.6) is 0 Å². The largest absolute Gasteiger partial charge is 0.320 e.